The Hall–Kier alpha value is -3.52. The first-order valence-electron chi connectivity index (χ1n) is 12.1. The summed E-state index contributed by atoms with van der Waals surface area (Å²) < 4.78 is 1.83. The number of aromatic amines is 1. The number of nitrogens with one attached hydrogen (secondary N) is 2. The van der Waals surface area contributed by atoms with E-state index in [9.17, 15) is 4.79 Å². The zero-order valence-corrected chi connectivity index (χ0v) is 19.3. The minimum absolute atomic E-state index is 0.108. The number of fused-ring (bicyclic) bond motifs is 3. The predicted octanol–water partition coefficient (Wildman–Crippen LogP) is 3.61. The number of hydrogen-bond donors (Lipinski definition) is 2. The fraction of sp³-hybridized carbons (Fsp3) is 0.385. The van der Waals surface area contributed by atoms with Crippen LogP contribution >= 0.6 is 0 Å². The molecular weight excluding hydrogens is 426 g/mol. The van der Waals surface area contributed by atoms with Crippen LogP contribution in [-0.2, 0) is 6.54 Å². The summed E-state index contributed by atoms with van der Waals surface area (Å²) in [5.74, 6) is -0.108. The van der Waals surface area contributed by atoms with Crippen LogP contribution in [0.4, 0.5) is 0 Å². The van der Waals surface area contributed by atoms with E-state index in [1.54, 1.807) is 0 Å². The predicted molar refractivity (Wildman–Crippen MR) is 130 cm³/mol. The molecule has 0 radical (unpaired) electrons. The fourth-order valence-corrected chi connectivity index (χ4v) is 5.61. The van der Waals surface area contributed by atoms with Crippen molar-refractivity contribution in [2.75, 3.05) is 7.05 Å². The molecule has 2 aromatic heterocycles. The van der Waals surface area contributed by atoms with Crippen molar-refractivity contribution in [2.45, 2.75) is 56.8 Å². The first-order chi connectivity index (χ1) is 16.6. The zero-order valence-electron chi connectivity index (χ0n) is 19.3. The number of nitrogens with zero attached hydrogens (tertiary/aromatic N) is 5. The minimum Gasteiger partial charge on any atom is -0.348 e. The number of carbonyl (C=O) groups is 1. The molecule has 8 heteroatoms. The Morgan fingerprint density at radius 1 is 1.12 bits per heavy atom. The standard InChI is InChI=1S/C26H29N7O/c1-32-20-8-5-9-21(32)14-19(13-20)27-26(34)25-22-12-18(10-11-23(22)28-30-25)24-16-33(31-29-24)15-17-6-3-2-4-7-17/h2-4,6-7,10-12,16,19-21H,5,8-9,13-15H2,1H3,(H,27,34)(H,28,30). The van der Waals surface area contributed by atoms with Gasteiger partial charge in [-0.25, -0.2) is 4.68 Å². The number of carbonyl (C=O) groups excluding carboxylic acids is 1. The van der Waals surface area contributed by atoms with Crippen LogP contribution in [0.15, 0.2) is 54.7 Å². The molecule has 2 saturated heterocycles. The minimum atomic E-state index is -0.108. The number of benzene rings is 2. The van der Waals surface area contributed by atoms with Crippen molar-refractivity contribution in [3.8, 4) is 11.3 Å². The lowest BCUT2D eigenvalue weighted by Crippen LogP contribution is -2.55. The van der Waals surface area contributed by atoms with E-state index in [1.165, 1.54) is 24.8 Å². The molecule has 2 aromatic carbocycles. The number of hydrogen-bond acceptors (Lipinski definition) is 5. The molecule has 4 aromatic rings. The van der Waals surface area contributed by atoms with Gasteiger partial charge in [0, 0.05) is 29.1 Å². The van der Waals surface area contributed by atoms with Gasteiger partial charge < -0.3 is 10.2 Å². The van der Waals surface area contributed by atoms with E-state index in [-0.39, 0.29) is 11.9 Å². The van der Waals surface area contributed by atoms with E-state index in [0.717, 1.165) is 35.0 Å². The molecule has 0 saturated carbocycles. The molecule has 0 aliphatic carbocycles. The smallest absolute Gasteiger partial charge is 0.272 e. The molecule has 8 nitrogen and oxygen atoms in total. The molecule has 4 heterocycles. The summed E-state index contributed by atoms with van der Waals surface area (Å²) in [7, 11) is 2.23. The fourth-order valence-electron chi connectivity index (χ4n) is 5.61. The van der Waals surface area contributed by atoms with Crippen molar-refractivity contribution < 1.29 is 4.79 Å². The number of rotatable bonds is 5. The van der Waals surface area contributed by atoms with Crippen molar-refractivity contribution >= 4 is 16.8 Å². The molecule has 174 valence electrons. The average molecular weight is 456 g/mol. The van der Waals surface area contributed by atoms with Crippen molar-refractivity contribution in [3.63, 3.8) is 0 Å². The summed E-state index contributed by atoms with van der Waals surface area (Å²) in [5, 5.41) is 20.1. The maximum atomic E-state index is 13.2. The van der Waals surface area contributed by atoms with Gasteiger partial charge in [0.15, 0.2) is 5.69 Å². The highest BCUT2D eigenvalue weighted by molar-refractivity contribution is 6.05. The highest BCUT2D eigenvalue weighted by atomic mass is 16.2. The number of H-pyrrole nitrogens is 1. The van der Waals surface area contributed by atoms with Gasteiger partial charge in [-0.2, -0.15) is 5.10 Å². The quantitative estimate of drug-likeness (QED) is 0.480. The second-order valence-electron chi connectivity index (χ2n) is 9.67. The molecule has 2 aliphatic rings. The second kappa shape index (κ2) is 8.68. The molecule has 0 spiro atoms. The van der Waals surface area contributed by atoms with E-state index in [2.05, 4.69) is 49.9 Å². The summed E-state index contributed by atoms with van der Waals surface area (Å²) in [6.45, 7) is 0.661. The Labute approximate surface area is 198 Å². The largest absolute Gasteiger partial charge is 0.348 e. The maximum Gasteiger partial charge on any atom is 0.272 e. The van der Waals surface area contributed by atoms with Crippen molar-refractivity contribution in [2.24, 2.45) is 0 Å². The SMILES string of the molecule is CN1C2CCCC1CC(NC(=O)c1n[nH]c3ccc(-c4cn(Cc5ccccc5)nn4)cc13)C2. The first-order valence-corrected chi connectivity index (χ1v) is 12.1. The molecule has 2 unspecified atom stereocenters. The van der Waals surface area contributed by atoms with Gasteiger partial charge in [-0.05, 0) is 50.4 Å². The number of piperidine rings is 2. The van der Waals surface area contributed by atoms with Crippen LogP contribution in [0.3, 0.4) is 0 Å². The Balaban J connectivity index is 1.21. The molecule has 2 N–H and O–H groups in total. The van der Waals surface area contributed by atoms with Crippen LogP contribution in [0, 0.1) is 0 Å². The maximum absolute atomic E-state index is 13.2. The summed E-state index contributed by atoms with van der Waals surface area (Å²) in [6, 6.07) is 17.4. The van der Waals surface area contributed by atoms with Gasteiger partial charge in [0.2, 0.25) is 0 Å². The Morgan fingerprint density at radius 2 is 1.91 bits per heavy atom. The van der Waals surface area contributed by atoms with Gasteiger partial charge in [0.05, 0.1) is 18.3 Å². The Morgan fingerprint density at radius 3 is 2.71 bits per heavy atom. The van der Waals surface area contributed by atoms with Crippen molar-refractivity contribution in [1.82, 2.24) is 35.4 Å². The van der Waals surface area contributed by atoms with Gasteiger partial charge >= 0.3 is 0 Å². The lowest BCUT2D eigenvalue weighted by Gasteiger charge is -2.47. The average Bonchev–Trinajstić information content (AvgIpc) is 3.47. The highest BCUT2D eigenvalue weighted by Crippen LogP contribution is 2.33. The van der Waals surface area contributed by atoms with E-state index in [0.29, 0.717) is 24.3 Å². The summed E-state index contributed by atoms with van der Waals surface area (Å²) in [6.07, 6.45) is 7.69. The van der Waals surface area contributed by atoms with Gasteiger partial charge in [0.25, 0.3) is 5.91 Å². The van der Waals surface area contributed by atoms with Crippen molar-refractivity contribution in [3.05, 3.63) is 66.0 Å². The molecule has 2 bridgehead atoms. The van der Waals surface area contributed by atoms with Crippen LogP contribution in [0.2, 0.25) is 0 Å². The number of amides is 1. The Bertz CT molecular complexity index is 1300. The summed E-state index contributed by atoms with van der Waals surface area (Å²) in [5.41, 5.74) is 4.13. The van der Waals surface area contributed by atoms with Gasteiger partial charge in [-0.1, -0.05) is 48.0 Å². The normalized spacial score (nSPS) is 22.7. The molecular formula is C26H29N7O. The monoisotopic (exact) mass is 455 g/mol. The van der Waals surface area contributed by atoms with Crippen molar-refractivity contribution in [1.29, 1.82) is 0 Å². The Kier molecular flexibility index (Phi) is 5.37. The molecule has 2 atom stereocenters. The molecule has 34 heavy (non-hydrogen) atoms. The van der Waals surface area contributed by atoms with Gasteiger partial charge in [-0.15, -0.1) is 5.10 Å². The van der Waals surface area contributed by atoms with Gasteiger partial charge in [0.1, 0.15) is 5.69 Å². The van der Waals surface area contributed by atoms with Crippen LogP contribution in [0.1, 0.15) is 48.2 Å². The van der Waals surface area contributed by atoms with E-state index >= 15 is 0 Å². The third-order valence-corrected chi connectivity index (χ3v) is 7.47. The second-order valence-corrected chi connectivity index (χ2v) is 9.67. The van der Waals surface area contributed by atoms with E-state index in [1.807, 2.05) is 47.3 Å². The van der Waals surface area contributed by atoms with Crippen LogP contribution < -0.4 is 5.32 Å². The first kappa shape index (κ1) is 21.0. The molecule has 2 aliphatic heterocycles. The third-order valence-electron chi connectivity index (χ3n) is 7.47. The summed E-state index contributed by atoms with van der Waals surface area (Å²) >= 11 is 0. The van der Waals surface area contributed by atoms with Crippen LogP contribution in [0.5, 0.6) is 0 Å². The van der Waals surface area contributed by atoms with Crippen LogP contribution in [-0.4, -0.2) is 61.2 Å². The van der Waals surface area contributed by atoms with Gasteiger partial charge in [-0.3, -0.25) is 9.89 Å². The lowest BCUT2D eigenvalue weighted by atomic mass is 9.82. The third kappa shape index (κ3) is 3.98. The lowest BCUT2D eigenvalue weighted by molar-refractivity contribution is 0.0462. The highest BCUT2D eigenvalue weighted by Gasteiger charge is 2.36. The molecule has 1 amide bonds. The topological polar surface area (TPSA) is 91.7 Å². The molecule has 6 rings (SSSR count). The zero-order chi connectivity index (χ0) is 23.1. The van der Waals surface area contributed by atoms with E-state index in [4.69, 9.17) is 0 Å². The summed E-state index contributed by atoms with van der Waals surface area (Å²) in [4.78, 5) is 15.7. The number of aromatic nitrogens is 5. The van der Waals surface area contributed by atoms with Crippen LogP contribution in [0.25, 0.3) is 22.2 Å². The molecule has 2 fully saturated rings. The van der Waals surface area contributed by atoms with E-state index < -0.39 is 0 Å².